The normalized spacial score (nSPS) is 10.6. The summed E-state index contributed by atoms with van der Waals surface area (Å²) in [6.45, 7) is 5.94. The van der Waals surface area contributed by atoms with E-state index in [0.29, 0.717) is 17.9 Å². The number of ether oxygens (including phenoxy) is 1. The molecule has 0 saturated heterocycles. The number of carbonyl (C=O) groups is 1. The number of nitrogens with zero attached hydrogens (tertiary/aromatic N) is 3. The molecule has 0 saturated carbocycles. The van der Waals surface area contributed by atoms with Crippen molar-refractivity contribution in [1.29, 1.82) is 0 Å². The Bertz CT molecular complexity index is 578. The second-order valence-corrected chi connectivity index (χ2v) is 3.79. The summed E-state index contributed by atoms with van der Waals surface area (Å²) in [6.07, 6.45) is 0.277. The van der Waals surface area contributed by atoms with Gasteiger partial charge in [0.15, 0.2) is 0 Å². The lowest BCUT2D eigenvalue weighted by Gasteiger charge is -2.04. The number of rotatable bonds is 3. The van der Waals surface area contributed by atoms with Crippen LogP contribution in [-0.4, -0.2) is 28.0 Å². The molecule has 0 unspecified atom stereocenters. The Morgan fingerprint density at radius 3 is 3.00 bits per heavy atom. The molecular formula is C11H16N5O2+. The van der Waals surface area contributed by atoms with E-state index < -0.39 is 6.09 Å². The van der Waals surface area contributed by atoms with Crippen molar-refractivity contribution < 1.29 is 14.0 Å². The maximum absolute atomic E-state index is 11.5. The fourth-order valence-electron chi connectivity index (χ4n) is 1.61. The molecule has 0 aliphatic heterocycles. The lowest BCUT2D eigenvalue weighted by Crippen LogP contribution is -2.31. The van der Waals surface area contributed by atoms with Crippen LogP contribution in [0.2, 0.25) is 0 Å². The average Bonchev–Trinajstić information content (AvgIpc) is 2.72. The first-order valence-electron chi connectivity index (χ1n) is 5.86. The summed E-state index contributed by atoms with van der Waals surface area (Å²) in [5.41, 5.74) is 2.02. The first-order chi connectivity index (χ1) is 8.65. The van der Waals surface area contributed by atoms with Gasteiger partial charge in [-0.05, 0) is 19.4 Å². The van der Waals surface area contributed by atoms with Crippen molar-refractivity contribution in [3.63, 3.8) is 0 Å². The van der Waals surface area contributed by atoms with E-state index in [0.717, 1.165) is 17.9 Å². The summed E-state index contributed by atoms with van der Waals surface area (Å²) >= 11 is 0. The van der Waals surface area contributed by atoms with E-state index >= 15 is 0 Å². The number of aryl methyl sites for hydroxylation is 2. The van der Waals surface area contributed by atoms with Gasteiger partial charge in [0.25, 0.3) is 5.82 Å². The molecule has 0 atom stereocenters. The molecule has 2 aromatic rings. The Morgan fingerprint density at radius 2 is 2.33 bits per heavy atom. The molecule has 0 spiro atoms. The highest BCUT2D eigenvalue weighted by Crippen LogP contribution is 2.12. The number of hydrogen-bond acceptors (Lipinski definition) is 4. The number of fused-ring (bicyclic) bond motifs is 1. The third kappa shape index (κ3) is 2.24. The minimum absolute atomic E-state index is 0.327. The van der Waals surface area contributed by atoms with Crippen LogP contribution in [0.25, 0.3) is 5.65 Å². The van der Waals surface area contributed by atoms with Crippen LogP contribution in [0.4, 0.5) is 10.5 Å². The molecule has 7 nitrogen and oxygen atoms in total. The summed E-state index contributed by atoms with van der Waals surface area (Å²) in [5.74, 6) is 0.798. The Morgan fingerprint density at radius 1 is 1.56 bits per heavy atom. The zero-order valence-electron chi connectivity index (χ0n) is 10.6. The maximum atomic E-state index is 11.5. The molecule has 0 aliphatic carbocycles. The number of nitrogens with one attached hydrogen (secondary N) is 2. The lowest BCUT2D eigenvalue weighted by molar-refractivity contribution is -0.588. The topological polar surface area (TPSA) is 84.0 Å². The summed E-state index contributed by atoms with van der Waals surface area (Å²) in [6, 6.07) is 1.80. The van der Waals surface area contributed by atoms with E-state index in [2.05, 4.69) is 20.6 Å². The van der Waals surface area contributed by atoms with E-state index in [9.17, 15) is 4.79 Å². The Labute approximate surface area is 104 Å². The highest BCUT2D eigenvalue weighted by molar-refractivity contribution is 5.88. The summed E-state index contributed by atoms with van der Waals surface area (Å²) in [5, 5.41) is 14.0. The van der Waals surface area contributed by atoms with Crippen molar-refractivity contribution in [2.24, 2.45) is 0 Å². The summed E-state index contributed by atoms with van der Waals surface area (Å²) in [4.78, 5) is 11.5. The van der Waals surface area contributed by atoms with Gasteiger partial charge >= 0.3 is 11.7 Å². The van der Waals surface area contributed by atoms with Crippen molar-refractivity contribution in [2.75, 3.05) is 11.9 Å². The molecule has 1 amide bonds. The molecule has 2 aromatic heterocycles. The van der Waals surface area contributed by atoms with Crippen molar-refractivity contribution in [1.82, 2.24) is 15.3 Å². The number of aromatic nitrogens is 4. The minimum Gasteiger partial charge on any atom is -0.450 e. The van der Waals surface area contributed by atoms with Gasteiger partial charge in [-0.3, -0.25) is 5.32 Å². The van der Waals surface area contributed by atoms with Gasteiger partial charge in [-0.2, -0.15) is 0 Å². The molecule has 0 aliphatic rings. The summed E-state index contributed by atoms with van der Waals surface area (Å²) in [7, 11) is 0. The van der Waals surface area contributed by atoms with Crippen LogP contribution in [-0.2, 0) is 11.2 Å². The molecule has 0 aromatic carbocycles. The van der Waals surface area contributed by atoms with Gasteiger partial charge in [0.05, 0.1) is 12.3 Å². The van der Waals surface area contributed by atoms with Gasteiger partial charge in [0, 0.05) is 12.0 Å². The molecule has 7 heteroatoms. The molecular weight excluding hydrogens is 234 g/mol. The van der Waals surface area contributed by atoms with Gasteiger partial charge < -0.3 is 4.74 Å². The molecule has 2 N–H and O–H groups in total. The van der Waals surface area contributed by atoms with Gasteiger partial charge in [-0.15, -0.1) is 10.2 Å². The second-order valence-electron chi connectivity index (χ2n) is 3.79. The Hall–Kier alpha value is -2.18. The monoisotopic (exact) mass is 250 g/mol. The predicted molar refractivity (Wildman–Crippen MR) is 64.3 cm³/mol. The first kappa shape index (κ1) is 12.3. The zero-order valence-corrected chi connectivity index (χ0v) is 10.6. The first-order valence-corrected chi connectivity index (χ1v) is 5.86. The predicted octanol–water partition coefficient (Wildman–Crippen LogP) is 0.983. The SMILES string of the molecule is CCOC(=O)Nc1cc(CC)n[n+]2c(C)[nH]nc12. The van der Waals surface area contributed by atoms with Gasteiger partial charge in [0.1, 0.15) is 5.69 Å². The molecule has 0 radical (unpaired) electrons. The van der Waals surface area contributed by atoms with E-state index in [1.54, 1.807) is 17.5 Å². The number of amides is 1. The number of carbonyl (C=O) groups excluding carboxylic acids is 1. The van der Waals surface area contributed by atoms with E-state index in [4.69, 9.17) is 4.74 Å². The Kier molecular flexibility index (Phi) is 3.40. The second kappa shape index (κ2) is 4.99. The van der Waals surface area contributed by atoms with Crippen LogP contribution in [0.5, 0.6) is 0 Å². The highest BCUT2D eigenvalue weighted by Gasteiger charge is 2.18. The van der Waals surface area contributed by atoms with Gasteiger partial charge in [-0.25, -0.2) is 4.79 Å². The van der Waals surface area contributed by atoms with Crippen molar-refractivity contribution in [2.45, 2.75) is 27.2 Å². The molecule has 18 heavy (non-hydrogen) atoms. The largest absolute Gasteiger partial charge is 0.450 e. The van der Waals surface area contributed by atoms with Crippen LogP contribution in [0.15, 0.2) is 6.07 Å². The van der Waals surface area contributed by atoms with Gasteiger partial charge in [-0.1, -0.05) is 11.4 Å². The quantitative estimate of drug-likeness (QED) is 0.795. The minimum atomic E-state index is -0.492. The molecule has 0 bridgehead atoms. The number of aromatic amines is 1. The van der Waals surface area contributed by atoms with Crippen LogP contribution in [0, 0.1) is 6.92 Å². The molecule has 96 valence electrons. The van der Waals surface area contributed by atoms with Gasteiger partial charge in [0.2, 0.25) is 0 Å². The smallest absolute Gasteiger partial charge is 0.411 e. The maximum Gasteiger partial charge on any atom is 0.411 e. The molecule has 2 rings (SSSR count). The zero-order chi connectivity index (χ0) is 13.1. The number of anilines is 1. The van der Waals surface area contributed by atoms with Crippen LogP contribution < -0.4 is 9.83 Å². The average molecular weight is 250 g/mol. The summed E-state index contributed by atoms with van der Waals surface area (Å²) < 4.78 is 6.52. The van der Waals surface area contributed by atoms with Crippen molar-refractivity contribution >= 4 is 17.4 Å². The third-order valence-electron chi connectivity index (χ3n) is 2.50. The standard InChI is InChI=1S/C11H15N5O2/c1-4-8-6-9(12-11(17)18-5-2)10-14-13-7(3)16(10)15-8/h6H,4-5H2,1-3H3,(H,12,15,17)/p+1. The van der Waals surface area contributed by atoms with E-state index in [1.165, 1.54) is 0 Å². The van der Waals surface area contributed by atoms with E-state index in [1.807, 2.05) is 13.8 Å². The fourth-order valence-corrected chi connectivity index (χ4v) is 1.61. The molecule has 0 fully saturated rings. The van der Waals surface area contributed by atoms with Crippen LogP contribution in [0.3, 0.4) is 0 Å². The number of hydrogen-bond donors (Lipinski definition) is 2. The van der Waals surface area contributed by atoms with Crippen molar-refractivity contribution in [3.8, 4) is 0 Å². The van der Waals surface area contributed by atoms with Crippen molar-refractivity contribution in [3.05, 3.63) is 17.6 Å². The lowest BCUT2D eigenvalue weighted by atomic mass is 10.3. The van der Waals surface area contributed by atoms with Crippen LogP contribution >= 0.6 is 0 Å². The molecule has 2 heterocycles. The van der Waals surface area contributed by atoms with E-state index in [-0.39, 0.29) is 0 Å². The Balaban J connectivity index is 2.44. The fraction of sp³-hybridized carbons (Fsp3) is 0.455. The third-order valence-corrected chi connectivity index (χ3v) is 2.50. The van der Waals surface area contributed by atoms with Crippen LogP contribution in [0.1, 0.15) is 25.4 Å². The number of H-pyrrole nitrogens is 1. The highest BCUT2D eigenvalue weighted by atomic mass is 16.5.